The Balaban J connectivity index is 2.13. The molecule has 2 heterocycles. The Labute approximate surface area is 128 Å². The second-order valence-corrected chi connectivity index (χ2v) is 5.29. The molecular weight excluding hydrogens is 276 g/mol. The van der Waals surface area contributed by atoms with E-state index in [2.05, 4.69) is 22.3 Å². The van der Waals surface area contributed by atoms with Gasteiger partial charge in [0.2, 0.25) is 11.8 Å². The lowest BCUT2D eigenvalue weighted by Crippen LogP contribution is -2.21. The van der Waals surface area contributed by atoms with Crippen LogP contribution in [-0.4, -0.2) is 10.2 Å². The summed E-state index contributed by atoms with van der Waals surface area (Å²) in [6.45, 7) is 3.90. The summed E-state index contributed by atoms with van der Waals surface area (Å²) in [5, 5.41) is 16.5. The number of nitrogens with one attached hydrogen (secondary N) is 1. The molecule has 110 valence electrons. The molecule has 1 atom stereocenters. The zero-order chi connectivity index (χ0) is 15.7. The van der Waals surface area contributed by atoms with Gasteiger partial charge in [0.05, 0.1) is 5.92 Å². The molecule has 3 rings (SSSR count). The van der Waals surface area contributed by atoms with Crippen molar-refractivity contribution in [1.29, 1.82) is 5.26 Å². The molecule has 1 aromatic carbocycles. The van der Waals surface area contributed by atoms with Crippen LogP contribution in [0.4, 0.5) is 0 Å². The molecule has 1 aliphatic rings. The number of fused-ring (bicyclic) bond motifs is 1. The van der Waals surface area contributed by atoms with Gasteiger partial charge in [-0.3, -0.25) is 5.10 Å². The first kappa shape index (κ1) is 14.0. The lowest BCUT2D eigenvalue weighted by Gasteiger charge is -2.24. The number of hydrogen-bond acceptors (Lipinski definition) is 4. The van der Waals surface area contributed by atoms with Crippen molar-refractivity contribution in [2.75, 3.05) is 0 Å². The number of aryl methyl sites for hydroxylation is 1. The van der Waals surface area contributed by atoms with E-state index in [-0.39, 0.29) is 11.8 Å². The third-order valence-electron chi connectivity index (χ3n) is 3.78. The van der Waals surface area contributed by atoms with Gasteiger partial charge in [-0.1, -0.05) is 42.0 Å². The van der Waals surface area contributed by atoms with Crippen molar-refractivity contribution in [3.63, 3.8) is 0 Å². The minimum atomic E-state index is -0.243. The molecular formula is C17H16N4O. The highest BCUT2D eigenvalue weighted by atomic mass is 16.5. The van der Waals surface area contributed by atoms with Gasteiger partial charge in [-0.05, 0) is 19.4 Å². The topological polar surface area (TPSA) is 87.7 Å². The summed E-state index contributed by atoms with van der Waals surface area (Å²) >= 11 is 0. The summed E-state index contributed by atoms with van der Waals surface area (Å²) in [4.78, 5) is 0. The normalized spacial score (nSPS) is 17.7. The molecule has 0 bridgehead atoms. The van der Waals surface area contributed by atoms with E-state index in [1.54, 1.807) is 0 Å². The summed E-state index contributed by atoms with van der Waals surface area (Å²) in [5.41, 5.74) is 10.1. The fourth-order valence-electron chi connectivity index (χ4n) is 2.75. The van der Waals surface area contributed by atoms with Gasteiger partial charge in [-0.15, -0.1) is 5.10 Å². The van der Waals surface area contributed by atoms with Crippen LogP contribution in [0.15, 0.2) is 47.4 Å². The third-order valence-corrected chi connectivity index (χ3v) is 3.78. The Kier molecular flexibility index (Phi) is 3.43. The quantitative estimate of drug-likeness (QED) is 0.890. The number of allylic oxidation sites excluding steroid dienone is 2. The van der Waals surface area contributed by atoms with Crippen LogP contribution in [0.1, 0.15) is 29.7 Å². The van der Waals surface area contributed by atoms with Gasteiger partial charge in [-0.2, -0.15) is 5.26 Å². The summed E-state index contributed by atoms with van der Waals surface area (Å²) in [7, 11) is 0. The van der Waals surface area contributed by atoms with E-state index in [4.69, 9.17) is 10.5 Å². The minimum absolute atomic E-state index is 0.118. The Hall–Kier alpha value is -3.00. The molecule has 1 aromatic heterocycles. The van der Waals surface area contributed by atoms with Crippen molar-refractivity contribution in [1.82, 2.24) is 10.2 Å². The summed E-state index contributed by atoms with van der Waals surface area (Å²) in [6.07, 6.45) is 2.05. The molecule has 0 radical (unpaired) electrons. The first-order valence-electron chi connectivity index (χ1n) is 6.97. The molecule has 0 aliphatic carbocycles. The maximum absolute atomic E-state index is 9.48. The van der Waals surface area contributed by atoms with E-state index in [0.29, 0.717) is 11.5 Å². The molecule has 2 aromatic rings. The molecule has 0 unspecified atom stereocenters. The molecule has 0 spiro atoms. The van der Waals surface area contributed by atoms with E-state index in [0.717, 1.165) is 22.4 Å². The minimum Gasteiger partial charge on any atom is -0.420 e. The maximum atomic E-state index is 9.48. The molecule has 5 heteroatoms. The Bertz CT molecular complexity index is 809. The lowest BCUT2D eigenvalue weighted by atomic mass is 9.84. The average Bonchev–Trinajstić information content (AvgIpc) is 2.87. The Morgan fingerprint density at radius 1 is 1.41 bits per heavy atom. The van der Waals surface area contributed by atoms with Crippen LogP contribution in [0.5, 0.6) is 5.88 Å². The molecule has 0 amide bonds. The molecule has 0 saturated carbocycles. The zero-order valence-corrected chi connectivity index (χ0v) is 12.4. The standard InChI is InChI=1S/C17H16N4O/c1-10(8-12-6-4-3-5-7-12)14-13(9-18)16(19)22-17-15(14)11(2)20-21-17/h3-8,14H,19H2,1-2H3,(H,20,21)/b10-8+/t14-/m0/s1. The van der Waals surface area contributed by atoms with Crippen LogP contribution in [-0.2, 0) is 0 Å². The van der Waals surface area contributed by atoms with Crippen LogP contribution in [0.25, 0.3) is 6.08 Å². The van der Waals surface area contributed by atoms with Crippen LogP contribution >= 0.6 is 0 Å². The van der Waals surface area contributed by atoms with E-state index in [1.165, 1.54) is 0 Å². The smallest absolute Gasteiger partial charge is 0.244 e. The van der Waals surface area contributed by atoms with Crippen molar-refractivity contribution in [2.45, 2.75) is 19.8 Å². The first-order chi connectivity index (χ1) is 10.6. The number of aromatic nitrogens is 2. The molecule has 0 saturated heterocycles. The van der Waals surface area contributed by atoms with Gasteiger partial charge in [0.25, 0.3) is 0 Å². The van der Waals surface area contributed by atoms with Gasteiger partial charge < -0.3 is 10.5 Å². The SMILES string of the molecule is C/C(=C\c1ccccc1)[C@H]1C(C#N)=C(N)Oc2n[nH]c(C)c21. The number of aromatic amines is 1. The van der Waals surface area contributed by atoms with Crippen LogP contribution in [0, 0.1) is 18.3 Å². The largest absolute Gasteiger partial charge is 0.420 e. The number of rotatable bonds is 2. The highest BCUT2D eigenvalue weighted by Crippen LogP contribution is 2.42. The number of ether oxygens (including phenoxy) is 1. The van der Waals surface area contributed by atoms with Crippen LogP contribution in [0.3, 0.4) is 0 Å². The Morgan fingerprint density at radius 3 is 2.82 bits per heavy atom. The third kappa shape index (κ3) is 2.25. The van der Waals surface area contributed by atoms with Gasteiger partial charge in [-0.25, -0.2) is 0 Å². The van der Waals surface area contributed by atoms with Gasteiger partial charge >= 0.3 is 0 Å². The van der Waals surface area contributed by atoms with Crippen molar-refractivity contribution in [2.24, 2.45) is 5.73 Å². The van der Waals surface area contributed by atoms with Crippen molar-refractivity contribution in [3.8, 4) is 11.9 Å². The molecule has 1 aliphatic heterocycles. The molecule has 22 heavy (non-hydrogen) atoms. The number of hydrogen-bond donors (Lipinski definition) is 2. The highest BCUT2D eigenvalue weighted by Gasteiger charge is 2.33. The second-order valence-electron chi connectivity index (χ2n) is 5.29. The number of nitrogens with two attached hydrogens (primary N) is 1. The van der Waals surface area contributed by atoms with Crippen molar-refractivity contribution >= 4 is 6.08 Å². The van der Waals surface area contributed by atoms with E-state index < -0.39 is 0 Å². The van der Waals surface area contributed by atoms with E-state index in [9.17, 15) is 5.26 Å². The fraction of sp³-hybridized carbons (Fsp3) is 0.176. The molecule has 5 nitrogen and oxygen atoms in total. The van der Waals surface area contributed by atoms with Crippen molar-refractivity contribution < 1.29 is 4.74 Å². The highest BCUT2D eigenvalue weighted by molar-refractivity contribution is 5.61. The average molecular weight is 292 g/mol. The monoisotopic (exact) mass is 292 g/mol. The summed E-state index contributed by atoms with van der Waals surface area (Å²) < 4.78 is 5.45. The molecule has 3 N–H and O–H groups in total. The van der Waals surface area contributed by atoms with Crippen LogP contribution < -0.4 is 10.5 Å². The predicted octanol–water partition coefficient (Wildman–Crippen LogP) is 2.99. The maximum Gasteiger partial charge on any atom is 0.244 e. The summed E-state index contributed by atoms with van der Waals surface area (Å²) in [6, 6.07) is 12.1. The number of nitrogens with zero attached hydrogens (tertiary/aromatic N) is 2. The lowest BCUT2D eigenvalue weighted by molar-refractivity contribution is 0.378. The van der Waals surface area contributed by atoms with Crippen LogP contribution in [0.2, 0.25) is 0 Å². The zero-order valence-electron chi connectivity index (χ0n) is 12.4. The van der Waals surface area contributed by atoms with Crippen molar-refractivity contribution in [3.05, 3.63) is 64.2 Å². The van der Waals surface area contributed by atoms with E-state index in [1.807, 2.05) is 44.2 Å². The first-order valence-corrected chi connectivity index (χ1v) is 6.97. The van der Waals surface area contributed by atoms with E-state index >= 15 is 0 Å². The van der Waals surface area contributed by atoms with Gasteiger partial charge in [0.1, 0.15) is 11.6 Å². The summed E-state index contributed by atoms with van der Waals surface area (Å²) in [5.74, 6) is 0.319. The second kappa shape index (κ2) is 5.41. The number of H-pyrrole nitrogens is 1. The predicted molar refractivity (Wildman–Crippen MR) is 83.6 cm³/mol. The van der Waals surface area contributed by atoms with Gasteiger partial charge in [0, 0.05) is 11.3 Å². The number of nitriles is 1. The molecule has 0 fully saturated rings. The Morgan fingerprint density at radius 2 is 2.14 bits per heavy atom. The van der Waals surface area contributed by atoms with Gasteiger partial charge in [0.15, 0.2) is 0 Å². The fourth-order valence-corrected chi connectivity index (χ4v) is 2.75. The number of benzene rings is 1.